The molecule has 2 N–H and O–H groups in total. The van der Waals surface area contributed by atoms with Gasteiger partial charge in [-0.2, -0.15) is 5.10 Å². The van der Waals surface area contributed by atoms with Crippen LogP contribution >= 0.6 is 0 Å². The number of carbonyl (C=O) groups is 2. The molecule has 0 saturated carbocycles. The summed E-state index contributed by atoms with van der Waals surface area (Å²) in [6, 6.07) is 0.135. The monoisotopic (exact) mass is 267 g/mol. The van der Waals surface area contributed by atoms with E-state index in [0.717, 1.165) is 12.8 Å². The zero-order valence-corrected chi connectivity index (χ0v) is 10.8. The van der Waals surface area contributed by atoms with E-state index >= 15 is 0 Å². The maximum Gasteiger partial charge on any atom is 0.339 e. The maximum absolute atomic E-state index is 11.9. The Morgan fingerprint density at radius 2 is 2.21 bits per heavy atom. The largest absolute Gasteiger partial charge is 0.478 e. The van der Waals surface area contributed by atoms with Crippen LogP contribution in [0.3, 0.4) is 0 Å². The van der Waals surface area contributed by atoms with Crippen molar-refractivity contribution in [3.05, 3.63) is 17.5 Å². The third-order valence-corrected chi connectivity index (χ3v) is 3.21. The Morgan fingerprint density at radius 3 is 2.79 bits per heavy atom. The van der Waals surface area contributed by atoms with Gasteiger partial charge in [0, 0.05) is 19.3 Å². The third kappa shape index (κ3) is 3.31. The van der Waals surface area contributed by atoms with E-state index in [2.05, 4.69) is 10.4 Å². The summed E-state index contributed by atoms with van der Waals surface area (Å²) in [4.78, 5) is 22.7. The highest BCUT2D eigenvalue weighted by atomic mass is 16.5. The highest BCUT2D eigenvalue weighted by molar-refractivity contribution is 5.88. The quantitative estimate of drug-likeness (QED) is 0.812. The number of carbonyl (C=O) groups excluding carboxylic acids is 1. The molecule has 1 fully saturated rings. The first-order chi connectivity index (χ1) is 9.08. The van der Waals surface area contributed by atoms with Crippen molar-refractivity contribution in [2.45, 2.75) is 32.4 Å². The van der Waals surface area contributed by atoms with Crippen LogP contribution in [0.2, 0.25) is 0 Å². The van der Waals surface area contributed by atoms with E-state index in [1.807, 2.05) is 0 Å². The van der Waals surface area contributed by atoms with E-state index in [-0.39, 0.29) is 24.1 Å². The van der Waals surface area contributed by atoms with Crippen LogP contribution < -0.4 is 5.32 Å². The van der Waals surface area contributed by atoms with Crippen LogP contribution in [0.4, 0.5) is 0 Å². The molecule has 1 saturated heterocycles. The number of carboxylic acid groups (broad SMARTS) is 1. The minimum atomic E-state index is -1.03. The predicted octanol–water partition coefficient (Wildman–Crippen LogP) is 0.185. The number of rotatable bonds is 4. The molecular weight excluding hydrogens is 250 g/mol. The van der Waals surface area contributed by atoms with Crippen molar-refractivity contribution in [1.29, 1.82) is 0 Å². The summed E-state index contributed by atoms with van der Waals surface area (Å²) in [5.74, 6) is -1.19. The number of aromatic nitrogens is 2. The Kier molecular flexibility index (Phi) is 4.16. The summed E-state index contributed by atoms with van der Waals surface area (Å²) >= 11 is 0. The van der Waals surface area contributed by atoms with E-state index in [0.29, 0.717) is 18.9 Å². The first-order valence-corrected chi connectivity index (χ1v) is 6.20. The average Bonchev–Trinajstić information content (AvgIpc) is 2.72. The second kappa shape index (κ2) is 5.83. The van der Waals surface area contributed by atoms with Crippen LogP contribution in [0.1, 0.15) is 28.9 Å². The van der Waals surface area contributed by atoms with Crippen molar-refractivity contribution in [2.24, 2.45) is 0 Å². The van der Waals surface area contributed by atoms with Crippen molar-refractivity contribution in [2.75, 3.05) is 13.2 Å². The lowest BCUT2D eigenvalue weighted by Crippen LogP contribution is -2.40. The van der Waals surface area contributed by atoms with Crippen LogP contribution in [-0.4, -0.2) is 46.0 Å². The SMILES string of the molecule is Cc1c(C(=O)O)cnn1CC(=O)NC1CCOCC1. The molecule has 1 amide bonds. The summed E-state index contributed by atoms with van der Waals surface area (Å²) in [5.41, 5.74) is 0.605. The maximum atomic E-state index is 11.9. The van der Waals surface area contributed by atoms with Crippen molar-refractivity contribution >= 4 is 11.9 Å². The van der Waals surface area contributed by atoms with E-state index in [1.54, 1.807) is 6.92 Å². The van der Waals surface area contributed by atoms with Gasteiger partial charge in [-0.05, 0) is 19.8 Å². The Balaban J connectivity index is 1.93. The van der Waals surface area contributed by atoms with Gasteiger partial charge >= 0.3 is 5.97 Å². The zero-order chi connectivity index (χ0) is 13.8. The minimum absolute atomic E-state index is 0.0382. The molecule has 2 rings (SSSR count). The minimum Gasteiger partial charge on any atom is -0.478 e. The number of aromatic carboxylic acids is 1. The number of ether oxygens (including phenoxy) is 1. The first-order valence-electron chi connectivity index (χ1n) is 6.20. The van der Waals surface area contributed by atoms with Gasteiger partial charge in [-0.3, -0.25) is 9.48 Å². The van der Waals surface area contributed by atoms with Gasteiger partial charge in [-0.25, -0.2) is 4.79 Å². The molecule has 0 spiro atoms. The number of hydrogen-bond donors (Lipinski definition) is 2. The topological polar surface area (TPSA) is 93.5 Å². The third-order valence-electron chi connectivity index (χ3n) is 3.21. The van der Waals surface area contributed by atoms with Crippen molar-refractivity contribution < 1.29 is 19.4 Å². The van der Waals surface area contributed by atoms with Crippen LogP contribution in [0.15, 0.2) is 6.20 Å². The van der Waals surface area contributed by atoms with Crippen LogP contribution in [0.5, 0.6) is 0 Å². The Morgan fingerprint density at radius 1 is 1.53 bits per heavy atom. The number of amides is 1. The normalized spacial score (nSPS) is 16.3. The van der Waals surface area contributed by atoms with Gasteiger partial charge in [0.15, 0.2) is 0 Å². The molecule has 104 valence electrons. The lowest BCUT2D eigenvalue weighted by atomic mass is 10.1. The molecule has 0 aliphatic carbocycles. The summed E-state index contributed by atoms with van der Waals surface area (Å²) in [6.07, 6.45) is 2.88. The Bertz CT molecular complexity index is 477. The van der Waals surface area contributed by atoms with Gasteiger partial charge < -0.3 is 15.2 Å². The van der Waals surface area contributed by atoms with E-state index < -0.39 is 5.97 Å². The zero-order valence-electron chi connectivity index (χ0n) is 10.8. The summed E-state index contributed by atoms with van der Waals surface area (Å²) in [7, 11) is 0. The molecule has 0 bridgehead atoms. The van der Waals surface area contributed by atoms with E-state index in [4.69, 9.17) is 9.84 Å². The van der Waals surface area contributed by atoms with Gasteiger partial charge in [0.2, 0.25) is 5.91 Å². The lowest BCUT2D eigenvalue weighted by Gasteiger charge is -2.23. The molecule has 0 aromatic carbocycles. The van der Waals surface area contributed by atoms with Crippen LogP contribution in [-0.2, 0) is 16.1 Å². The van der Waals surface area contributed by atoms with Gasteiger partial charge in [-0.1, -0.05) is 0 Å². The molecule has 0 atom stereocenters. The second-order valence-electron chi connectivity index (χ2n) is 4.56. The highest BCUT2D eigenvalue weighted by Gasteiger charge is 2.18. The fourth-order valence-electron chi connectivity index (χ4n) is 2.07. The first kappa shape index (κ1) is 13.5. The molecule has 1 aromatic heterocycles. The van der Waals surface area contributed by atoms with Gasteiger partial charge in [-0.15, -0.1) is 0 Å². The standard InChI is InChI=1S/C12H17N3O4/c1-8-10(12(17)18)6-13-15(8)7-11(16)14-9-2-4-19-5-3-9/h6,9H,2-5,7H2,1H3,(H,14,16)(H,17,18). The molecule has 0 unspecified atom stereocenters. The highest BCUT2D eigenvalue weighted by Crippen LogP contribution is 2.08. The molecule has 7 nitrogen and oxygen atoms in total. The molecule has 0 radical (unpaired) electrons. The van der Waals surface area contributed by atoms with Crippen molar-refractivity contribution in [3.63, 3.8) is 0 Å². The number of nitrogens with zero attached hydrogens (tertiary/aromatic N) is 2. The van der Waals surface area contributed by atoms with Crippen molar-refractivity contribution in [3.8, 4) is 0 Å². The summed E-state index contributed by atoms with van der Waals surface area (Å²) < 4.78 is 6.62. The average molecular weight is 267 g/mol. The molecule has 7 heteroatoms. The molecule has 1 aliphatic rings. The fraction of sp³-hybridized carbons (Fsp3) is 0.583. The van der Waals surface area contributed by atoms with E-state index in [1.165, 1.54) is 10.9 Å². The lowest BCUT2D eigenvalue weighted by molar-refractivity contribution is -0.123. The molecule has 1 aliphatic heterocycles. The second-order valence-corrected chi connectivity index (χ2v) is 4.56. The van der Waals surface area contributed by atoms with Gasteiger partial charge in [0.05, 0.1) is 11.9 Å². The van der Waals surface area contributed by atoms with Gasteiger partial charge in [0.25, 0.3) is 0 Å². The number of hydrogen-bond acceptors (Lipinski definition) is 4. The van der Waals surface area contributed by atoms with Gasteiger partial charge in [0.1, 0.15) is 12.1 Å². The smallest absolute Gasteiger partial charge is 0.339 e. The Hall–Kier alpha value is -1.89. The fourth-order valence-corrected chi connectivity index (χ4v) is 2.07. The number of nitrogens with one attached hydrogen (secondary N) is 1. The molecule has 2 heterocycles. The van der Waals surface area contributed by atoms with E-state index in [9.17, 15) is 9.59 Å². The number of carboxylic acids is 1. The molecule has 19 heavy (non-hydrogen) atoms. The summed E-state index contributed by atoms with van der Waals surface area (Å²) in [5, 5.41) is 15.7. The summed E-state index contributed by atoms with van der Waals surface area (Å²) in [6.45, 7) is 3.00. The van der Waals surface area contributed by atoms with Crippen molar-refractivity contribution in [1.82, 2.24) is 15.1 Å². The van der Waals surface area contributed by atoms with Crippen LogP contribution in [0, 0.1) is 6.92 Å². The molecular formula is C12H17N3O4. The Labute approximate surface area is 110 Å². The van der Waals surface area contributed by atoms with Crippen LogP contribution in [0.25, 0.3) is 0 Å². The molecule has 1 aromatic rings. The predicted molar refractivity (Wildman–Crippen MR) is 65.9 cm³/mol.